The summed E-state index contributed by atoms with van der Waals surface area (Å²) in [5.74, 6) is -0.135. The number of rotatable bonds is 3. The van der Waals surface area contributed by atoms with E-state index in [4.69, 9.17) is 0 Å². The summed E-state index contributed by atoms with van der Waals surface area (Å²) in [6.07, 6.45) is 3.06. The lowest BCUT2D eigenvalue weighted by Gasteiger charge is -2.05. The Morgan fingerprint density at radius 3 is 2.94 bits per heavy atom. The van der Waals surface area contributed by atoms with Crippen molar-refractivity contribution in [2.24, 2.45) is 0 Å². The van der Waals surface area contributed by atoms with Crippen LogP contribution in [0.1, 0.15) is 15.9 Å². The van der Waals surface area contributed by atoms with Crippen LogP contribution in [-0.4, -0.2) is 16.1 Å². The van der Waals surface area contributed by atoms with Gasteiger partial charge in [-0.3, -0.25) is 9.89 Å². The standard InChI is InChI=1S/C11H10BrN3O/c12-10-4-2-1-3-8(10)5-13-11(16)9-6-14-15-7-9/h1-4,6-7H,5H2,(H,13,16)(H,14,15). The zero-order chi connectivity index (χ0) is 11.4. The van der Waals surface area contributed by atoms with E-state index in [-0.39, 0.29) is 5.91 Å². The maximum atomic E-state index is 11.6. The fraction of sp³-hybridized carbons (Fsp3) is 0.0909. The number of halogens is 1. The van der Waals surface area contributed by atoms with Gasteiger partial charge in [-0.25, -0.2) is 0 Å². The normalized spacial score (nSPS) is 10.1. The van der Waals surface area contributed by atoms with Crippen molar-refractivity contribution in [3.63, 3.8) is 0 Å². The Morgan fingerprint density at radius 1 is 1.44 bits per heavy atom. The van der Waals surface area contributed by atoms with Crippen molar-refractivity contribution in [3.8, 4) is 0 Å². The van der Waals surface area contributed by atoms with Crippen LogP contribution in [0.15, 0.2) is 41.1 Å². The van der Waals surface area contributed by atoms with Crippen LogP contribution < -0.4 is 5.32 Å². The van der Waals surface area contributed by atoms with Gasteiger partial charge in [0.05, 0.1) is 11.8 Å². The van der Waals surface area contributed by atoms with E-state index in [1.165, 1.54) is 6.20 Å². The molecular formula is C11H10BrN3O. The van der Waals surface area contributed by atoms with Gasteiger partial charge in [0.25, 0.3) is 5.91 Å². The van der Waals surface area contributed by atoms with Crippen LogP contribution in [0.4, 0.5) is 0 Å². The molecule has 0 aliphatic carbocycles. The van der Waals surface area contributed by atoms with Gasteiger partial charge >= 0.3 is 0 Å². The van der Waals surface area contributed by atoms with Crippen molar-refractivity contribution in [2.75, 3.05) is 0 Å². The fourth-order valence-electron chi connectivity index (χ4n) is 1.29. The summed E-state index contributed by atoms with van der Waals surface area (Å²) in [7, 11) is 0. The third-order valence-corrected chi connectivity index (χ3v) is 2.93. The minimum Gasteiger partial charge on any atom is -0.348 e. The van der Waals surface area contributed by atoms with E-state index in [0.717, 1.165) is 10.0 Å². The molecule has 16 heavy (non-hydrogen) atoms. The van der Waals surface area contributed by atoms with E-state index < -0.39 is 0 Å². The van der Waals surface area contributed by atoms with Gasteiger partial charge in [-0.1, -0.05) is 34.1 Å². The Kier molecular flexibility index (Phi) is 3.36. The fourth-order valence-corrected chi connectivity index (χ4v) is 1.72. The van der Waals surface area contributed by atoms with Gasteiger partial charge in [-0.2, -0.15) is 5.10 Å². The second-order valence-corrected chi connectivity index (χ2v) is 4.12. The first-order valence-electron chi connectivity index (χ1n) is 4.78. The van der Waals surface area contributed by atoms with Gasteiger partial charge in [-0.05, 0) is 11.6 Å². The molecule has 1 aromatic heterocycles. The van der Waals surface area contributed by atoms with Crippen LogP contribution in [0, 0.1) is 0 Å². The predicted molar refractivity (Wildman–Crippen MR) is 63.9 cm³/mol. The number of nitrogens with zero attached hydrogens (tertiary/aromatic N) is 1. The molecule has 0 spiro atoms. The Labute approximate surface area is 101 Å². The van der Waals surface area contributed by atoms with Gasteiger partial charge < -0.3 is 5.32 Å². The molecule has 0 aliphatic rings. The smallest absolute Gasteiger partial charge is 0.254 e. The molecule has 0 fully saturated rings. The summed E-state index contributed by atoms with van der Waals surface area (Å²) in [6, 6.07) is 7.77. The number of amides is 1. The molecule has 82 valence electrons. The first-order chi connectivity index (χ1) is 7.77. The average molecular weight is 280 g/mol. The number of benzene rings is 1. The summed E-state index contributed by atoms with van der Waals surface area (Å²) >= 11 is 3.43. The Balaban J connectivity index is 1.98. The van der Waals surface area contributed by atoms with Gasteiger partial charge in [0, 0.05) is 17.2 Å². The highest BCUT2D eigenvalue weighted by Gasteiger charge is 2.06. The minimum absolute atomic E-state index is 0.135. The third-order valence-electron chi connectivity index (χ3n) is 2.16. The SMILES string of the molecule is O=C(NCc1ccccc1Br)c1cn[nH]c1. The van der Waals surface area contributed by atoms with E-state index in [9.17, 15) is 4.79 Å². The molecule has 1 amide bonds. The maximum absolute atomic E-state index is 11.6. The van der Waals surface area contributed by atoms with Gasteiger partial charge in [0.15, 0.2) is 0 Å². The number of H-pyrrole nitrogens is 1. The lowest BCUT2D eigenvalue weighted by molar-refractivity contribution is 0.0951. The summed E-state index contributed by atoms with van der Waals surface area (Å²) in [5, 5.41) is 9.13. The molecule has 2 aromatic rings. The quantitative estimate of drug-likeness (QED) is 0.904. The van der Waals surface area contributed by atoms with Crippen LogP contribution in [-0.2, 0) is 6.54 Å². The minimum atomic E-state index is -0.135. The van der Waals surface area contributed by atoms with E-state index in [1.807, 2.05) is 24.3 Å². The molecule has 0 aliphatic heterocycles. The third kappa shape index (κ3) is 2.49. The Bertz CT molecular complexity index is 482. The van der Waals surface area contributed by atoms with Crippen LogP contribution in [0.3, 0.4) is 0 Å². The van der Waals surface area contributed by atoms with Crippen molar-refractivity contribution in [1.82, 2.24) is 15.5 Å². The number of nitrogens with one attached hydrogen (secondary N) is 2. The zero-order valence-electron chi connectivity index (χ0n) is 8.40. The van der Waals surface area contributed by atoms with Crippen molar-refractivity contribution in [3.05, 3.63) is 52.3 Å². The highest BCUT2D eigenvalue weighted by Crippen LogP contribution is 2.15. The molecule has 4 nitrogen and oxygen atoms in total. The monoisotopic (exact) mass is 279 g/mol. The summed E-state index contributed by atoms with van der Waals surface area (Å²) in [4.78, 5) is 11.6. The maximum Gasteiger partial charge on any atom is 0.254 e. The highest BCUT2D eigenvalue weighted by atomic mass is 79.9. The topological polar surface area (TPSA) is 57.8 Å². The number of aromatic amines is 1. The summed E-state index contributed by atoms with van der Waals surface area (Å²) in [5.41, 5.74) is 1.58. The van der Waals surface area contributed by atoms with Crippen molar-refractivity contribution in [2.45, 2.75) is 6.54 Å². The summed E-state index contributed by atoms with van der Waals surface area (Å²) < 4.78 is 0.988. The van der Waals surface area contributed by atoms with Gasteiger partial charge in [0.2, 0.25) is 0 Å². The molecule has 1 heterocycles. The second kappa shape index (κ2) is 4.94. The molecule has 0 bridgehead atoms. The van der Waals surface area contributed by atoms with Crippen LogP contribution >= 0.6 is 15.9 Å². The van der Waals surface area contributed by atoms with E-state index >= 15 is 0 Å². The summed E-state index contributed by atoms with van der Waals surface area (Å²) in [6.45, 7) is 0.492. The number of aromatic nitrogens is 2. The van der Waals surface area contributed by atoms with E-state index in [2.05, 4.69) is 31.4 Å². The predicted octanol–water partition coefficient (Wildman–Crippen LogP) is 2.10. The molecule has 5 heteroatoms. The van der Waals surface area contributed by atoms with E-state index in [0.29, 0.717) is 12.1 Å². The number of hydrogen-bond donors (Lipinski definition) is 2. The van der Waals surface area contributed by atoms with Crippen LogP contribution in [0.2, 0.25) is 0 Å². The molecule has 2 rings (SSSR count). The van der Waals surface area contributed by atoms with Crippen molar-refractivity contribution in [1.29, 1.82) is 0 Å². The molecular weight excluding hydrogens is 270 g/mol. The number of carbonyl (C=O) groups excluding carboxylic acids is 1. The van der Waals surface area contributed by atoms with Gasteiger partial charge in [0.1, 0.15) is 0 Å². The molecule has 0 atom stereocenters. The zero-order valence-corrected chi connectivity index (χ0v) is 9.99. The Morgan fingerprint density at radius 2 is 2.25 bits per heavy atom. The van der Waals surface area contributed by atoms with Crippen molar-refractivity contribution >= 4 is 21.8 Å². The van der Waals surface area contributed by atoms with Crippen molar-refractivity contribution < 1.29 is 4.79 Å². The molecule has 0 saturated heterocycles. The van der Waals surface area contributed by atoms with Crippen LogP contribution in [0.25, 0.3) is 0 Å². The van der Waals surface area contributed by atoms with Gasteiger partial charge in [-0.15, -0.1) is 0 Å². The molecule has 0 radical (unpaired) electrons. The number of carbonyl (C=O) groups is 1. The van der Waals surface area contributed by atoms with Crippen LogP contribution in [0.5, 0.6) is 0 Å². The molecule has 2 N–H and O–H groups in total. The molecule has 0 unspecified atom stereocenters. The first kappa shape index (κ1) is 10.9. The lowest BCUT2D eigenvalue weighted by atomic mass is 10.2. The first-order valence-corrected chi connectivity index (χ1v) is 5.57. The highest BCUT2D eigenvalue weighted by molar-refractivity contribution is 9.10. The largest absolute Gasteiger partial charge is 0.348 e. The average Bonchev–Trinajstić information content (AvgIpc) is 2.81. The Hall–Kier alpha value is -1.62. The molecule has 0 saturated carbocycles. The molecule has 1 aromatic carbocycles. The number of hydrogen-bond acceptors (Lipinski definition) is 2. The second-order valence-electron chi connectivity index (χ2n) is 3.26. The van der Waals surface area contributed by atoms with E-state index in [1.54, 1.807) is 6.20 Å². The lowest BCUT2D eigenvalue weighted by Crippen LogP contribution is -2.22.